The molecule has 1 aliphatic rings. The van der Waals surface area contributed by atoms with E-state index in [9.17, 15) is 5.11 Å². The summed E-state index contributed by atoms with van der Waals surface area (Å²) in [4.78, 5) is 2.51. The van der Waals surface area contributed by atoms with Gasteiger partial charge in [0.05, 0.1) is 0 Å². The van der Waals surface area contributed by atoms with Crippen molar-refractivity contribution in [1.82, 2.24) is 4.90 Å². The Morgan fingerprint density at radius 3 is 2.83 bits per heavy atom. The maximum absolute atomic E-state index is 10.2. The molecule has 0 radical (unpaired) electrons. The Morgan fingerprint density at radius 2 is 2.06 bits per heavy atom. The molecule has 0 bridgehead atoms. The first-order valence-electron chi connectivity index (χ1n) is 6.66. The molecule has 0 saturated heterocycles. The molecule has 2 aromatic rings. The van der Waals surface area contributed by atoms with E-state index in [1.165, 1.54) is 33.7 Å². The fraction of sp³-hybridized carbons (Fsp3) is 0.467. The van der Waals surface area contributed by atoms with E-state index in [4.69, 9.17) is 0 Å². The van der Waals surface area contributed by atoms with E-state index < -0.39 is 0 Å². The van der Waals surface area contributed by atoms with Crippen molar-refractivity contribution in [3.8, 4) is 5.75 Å². The van der Waals surface area contributed by atoms with Gasteiger partial charge in [-0.2, -0.15) is 0 Å². The van der Waals surface area contributed by atoms with Crippen LogP contribution >= 0.6 is 0 Å². The van der Waals surface area contributed by atoms with Crippen LogP contribution in [0.15, 0.2) is 12.1 Å². The number of rotatable bonds is 1. The van der Waals surface area contributed by atoms with Gasteiger partial charge in [0.1, 0.15) is 0 Å². The predicted molar refractivity (Wildman–Crippen MR) is 76.8 cm³/mol. The number of phenolic OH excluding ortho intramolecular Hbond substituents is 1. The summed E-state index contributed by atoms with van der Waals surface area (Å²) < 4.78 is 3.05. The van der Waals surface area contributed by atoms with Crippen molar-refractivity contribution in [2.75, 3.05) is 19.6 Å². The summed E-state index contributed by atoms with van der Waals surface area (Å²) in [6.45, 7) is 7.87. The number of aromatic hydroxyl groups is 1. The SMILES string of the molecule is CCN1CCc2[se]c3c(C)ccc(O)c3c2CC1. The van der Waals surface area contributed by atoms with Gasteiger partial charge in [-0.1, -0.05) is 0 Å². The maximum atomic E-state index is 10.2. The van der Waals surface area contributed by atoms with Gasteiger partial charge in [0, 0.05) is 0 Å². The third-order valence-corrected chi connectivity index (χ3v) is 6.97. The zero-order valence-corrected chi connectivity index (χ0v) is 12.7. The molecule has 0 aliphatic carbocycles. The number of fused-ring (bicyclic) bond motifs is 3. The molecular weight excluding hydrogens is 289 g/mol. The van der Waals surface area contributed by atoms with Crippen molar-refractivity contribution in [1.29, 1.82) is 0 Å². The molecule has 0 amide bonds. The number of likely N-dealkylation sites (N-methyl/N-ethyl adjacent to an activating group) is 1. The van der Waals surface area contributed by atoms with Gasteiger partial charge in [0.25, 0.3) is 0 Å². The molecule has 1 aliphatic heterocycles. The van der Waals surface area contributed by atoms with Crippen molar-refractivity contribution < 1.29 is 5.11 Å². The summed E-state index contributed by atoms with van der Waals surface area (Å²) in [6, 6.07) is 3.92. The van der Waals surface area contributed by atoms with Gasteiger partial charge in [0.15, 0.2) is 0 Å². The molecule has 0 fully saturated rings. The fourth-order valence-corrected chi connectivity index (χ4v) is 5.63. The summed E-state index contributed by atoms with van der Waals surface area (Å²) in [5.41, 5.74) is 2.81. The number of nitrogens with zero attached hydrogens (tertiary/aromatic N) is 1. The summed E-state index contributed by atoms with van der Waals surface area (Å²) in [5, 5.41) is 11.4. The average Bonchev–Trinajstić information content (AvgIpc) is 2.63. The standard InChI is InChI=1S/C15H19NOSe/c1-3-16-8-6-11-13(7-9-16)18-15-10(2)4-5-12(17)14(11)15/h4-5,17H,3,6-9H2,1-2H3. The minimum atomic E-state index is 0.442. The summed E-state index contributed by atoms with van der Waals surface area (Å²) in [7, 11) is 0. The van der Waals surface area contributed by atoms with Crippen LogP contribution in [0.5, 0.6) is 5.75 Å². The molecule has 2 heterocycles. The van der Waals surface area contributed by atoms with Crippen LogP contribution in [0.3, 0.4) is 0 Å². The monoisotopic (exact) mass is 309 g/mol. The van der Waals surface area contributed by atoms with E-state index in [0.717, 1.165) is 19.5 Å². The third-order valence-electron chi connectivity index (χ3n) is 3.98. The second-order valence-corrected chi connectivity index (χ2v) is 7.36. The first-order valence-corrected chi connectivity index (χ1v) is 8.37. The molecule has 1 aromatic heterocycles. The molecule has 1 aromatic carbocycles. The van der Waals surface area contributed by atoms with Crippen LogP contribution in [0.25, 0.3) is 9.65 Å². The van der Waals surface area contributed by atoms with Crippen molar-refractivity contribution in [2.45, 2.75) is 26.7 Å². The molecule has 18 heavy (non-hydrogen) atoms. The van der Waals surface area contributed by atoms with Gasteiger partial charge in [0.2, 0.25) is 0 Å². The molecule has 0 unspecified atom stereocenters. The van der Waals surface area contributed by atoms with Crippen LogP contribution in [0.4, 0.5) is 0 Å². The van der Waals surface area contributed by atoms with E-state index in [-0.39, 0.29) is 0 Å². The second kappa shape index (κ2) is 4.73. The van der Waals surface area contributed by atoms with Gasteiger partial charge >= 0.3 is 114 Å². The topological polar surface area (TPSA) is 23.5 Å². The zero-order valence-electron chi connectivity index (χ0n) is 11.0. The number of phenols is 1. The Labute approximate surface area is 114 Å². The summed E-state index contributed by atoms with van der Waals surface area (Å²) >= 11 is 0.442. The van der Waals surface area contributed by atoms with Crippen LogP contribution in [0.1, 0.15) is 22.5 Å². The Hall–Kier alpha value is -0.761. The van der Waals surface area contributed by atoms with Crippen molar-refractivity contribution in [3.63, 3.8) is 0 Å². The van der Waals surface area contributed by atoms with E-state index in [2.05, 4.69) is 24.8 Å². The number of hydrogen-bond acceptors (Lipinski definition) is 2. The van der Waals surface area contributed by atoms with Crippen molar-refractivity contribution in [2.24, 2.45) is 0 Å². The molecule has 0 spiro atoms. The zero-order chi connectivity index (χ0) is 12.7. The first kappa shape index (κ1) is 12.3. The molecule has 3 heteroatoms. The Kier molecular flexibility index (Phi) is 3.23. The van der Waals surface area contributed by atoms with Crippen LogP contribution in [-0.4, -0.2) is 44.1 Å². The number of aryl methyl sites for hydroxylation is 1. The Bertz CT molecular complexity index is 588. The average molecular weight is 308 g/mol. The van der Waals surface area contributed by atoms with Crippen LogP contribution < -0.4 is 0 Å². The fourth-order valence-electron chi connectivity index (χ4n) is 2.85. The van der Waals surface area contributed by atoms with Gasteiger partial charge in [-0.15, -0.1) is 0 Å². The van der Waals surface area contributed by atoms with Crippen LogP contribution in [0.2, 0.25) is 0 Å². The molecule has 3 rings (SSSR count). The molecule has 0 atom stereocenters. The second-order valence-electron chi connectivity index (χ2n) is 5.04. The molecule has 0 saturated carbocycles. The predicted octanol–water partition coefficient (Wildman–Crippen LogP) is 2.33. The van der Waals surface area contributed by atoms with Crippen LogP contribution in [0, 0.1) is 6.92 Å². The molecular formula is C15H19NOSe. The normalized spacial score (nSPS) is 16.8. The van der Waals surface area contributed by atoms with Gasteiger partial charge in [-0.25, -0.2) is 0 Å². The Morgan fingerprint density at radius 1 is 1.28 bits per heavy atom. The first-order chi connectivity index (χ1) is 8.70. The summed E-state index contributed by atoms with van der Waals surface area (Å²) in [5.74, 6) is 0.493. The number of benzene rings is 1. The molecule has 96 valence electrons. The van der Waals surface area contributed by atoms with E-state index in [1.54, 1.807) is 4.44 Å². The minimum absolute atomic E-state index is 0.442. The van der Waals surface area contributed by atoms with E-state index in [1.807, 2.05) is 6.07 Å². The van der Waals surface area contributed by atoms with Crippen molar-refractivity contribution in [3.05, 3.63) is 27.7 Å². The Balaban J connectivity index is 2.14. The third kappa shape index (κ3) is 1.91. The molecule has 2 nitrogen and oxygen atoms in total. The van der Waals surface area contributed by atoms with Gasteiger partial charge < -0.3 is 0 Å². The van der Waals surface area contributed by atoms with E-state index >= 15 is 0 Å². The van der Waals surface area contributed by atoms with Gasteiger partial charge in [-0.3, -0.25) is 0 Å². The van der Waals surface area contributed by atoms with Gasteiger partial charge in [-0.05, 0) is 0 Å². The quantitative estimate of drug-likeness (QED) is 0.818. The van der Waals surface area contributed by atoms with Crippen molar-refractivity contribution >= 4 is 24.1 Å². The number of hydrogen-bond donors (Lipinski definition) is 1. The molecule has 1 N–H and O–H groups in total. The van der Waals surface area contributed by atoms with E-state index in [0.29, 0.717) is 20.3 Å². The van der Waals surface area contributed by atoms with Crippen LogP contribution in [-0.2, 0) is 12.8 Å². The summed E-state index contributed by atoms with van der Waals surface area (Å²) in [6.07, 6.45) is 2.30.